The molecule has 2 heterocycles. The SMILES string of the molecule is [2H]O[C@@]12CC([2H])([2H])C(=O)C3Oc4c(OC)ccc5c4[C@@]31CCN(C)[C@@H]2C5([2H])[2H]. The van der Waals surface area contributed by atoms with Gasteiger partial charge in [-0.25, -0.2) is 0 Å². The molecule has 5 heteroatoms. The standard InChI is InChI=1S/C18H21NO4/c1-19-8-7-17-14-10-3-4-12(22-2)15(14)23-16(17)11(20)5-6-18(17,21)13(19)9-10/h3-4,13,16,21H,5-9H2,1-2H3/t13-,16?,17+,18-/m1/s1/i5D2,9D2,21D. The maximum absolute atomic E-state index is 13.1. The smallest absolute Gasteiger partial charge is 0.211 e. The normalized spacial score (nSPS) is 48.1. The first-order valence-electron chi connectivity index (χ1n) is 10.3. The Labute approximate surface area is 142 Å². The molecule has 0 amide bonds. The van der Waals surface area contributed by atoms with Gasteiger partial charge in [-0.3, -0.25) is 4.79 Å². The van der Waals surface area contributed by atoms with Crippen LogP contribution in [0.5, 0.6) is 11.5 Å². The highest BCUT2D eigenvalue weighted by atomic mass is 16.5. The number of aliphatic hydroxyl groups is 1. The van der Waals surface area contributed by atoms with Crippen LogP contribution in [0.1, 0.15) is 35.8 Å². The summed E-state index contributed by atoms with van der Waals surface area (Å²) in [7, 11) is 3.22. The van der Waals surface area contributed by atoms with Crippen LogP contribution in [0.4, 0.5) is 0 Å². The number of ether oxygens (including phenoxy) is 2. The van der Waals surface area contributed by atoms with Crippen molar-refractivity contribution in [2.45, 2.75) is 48.7 Å². The third kappa shape index (κ3) is 1.32. The third-order valence-electron chi connectivity index (χ3n) is 6.02. The Balaban J connectivity index is 1.94. The lowest BCUT2D eigenvalue weighted by molar-refractivity contribution is -0.185. The number of benzene rings is 1. The number of likely N-dealkylation sites (tertiary alicyclic amines) is 1. The average Bonchev–Trinajstić information content (AvgIpc) is 2.98. The van der Waals surface area contributed by atoms with E-state index >= 15 is 0 Å². The van der Waals surface area contributed by atoms with Crippen LogP contribution in [0, 0.1) is 0 Å². The maximum Gasteiger partial charge on any atom is 0.211 e. The van der Waals surface area contributed by atoms with Crippen molar-refractivity contribution in [3.8, 4) is 11.5 Å². The molecular formula is C18H21NO4. The number of ketones is 1. The molecule has 2 aliphatic carbocycles. The molecule has 1 saturated carbocycles. The van der Waals surface area contributed by atoms with Crippen molar-refractivity contribution in [2.24, 2.45) is 0 Å². The van der Waals surface area contributed by atoms with E-state index in [2.05, 4.69) is 0 Å². The molecule has 1 aromatic carbocycles. The third-order valence-corrected chi connectivity index (χ3v) is 6.02. The molecule has 1 aromatic rings. The summed E-state index contributed by atoms with van der Waals surface area (Å²) in [5.74, 6) is -0.0533. The molecule has 0 aromatic heterocycles. The Morgan fingerprint density at radius 2 is 2.39 bits per heavy atom. The van der Waals surface area contributed by atoms with Crippen LogP contribution in [0.25, 0.3) is 0 Å². The van der Waals surface area contributed by atoms with Gasteiger partial charge in [0.05, 0.1) is 18.1 Å². The van der Waals surface area contributed by atoms with Gasteiger partial charge in [-0.05, 0) is 44.4 Å². The fourth-order valence-corrected chi connectivity index (χ4v) is 4.95. The summed E-state index contributed by atoms with van der Waals surface area (Å²) in [6.45, 7) is 0.474. The number of carbonyl (C=O) groups is 1. The second-order valence-electron chi connectivity index (χ2n) is 6.87. The molecule has 1 N–H and O–H groups in total. The first-order valence-corrected chi connectivity index (χ1v) is 7.86. The summed E-state index contributed by atoms with van der Waals surface area (Å²) in [6.07, 6.45) is -5.42. The molecule has 1 spiro atoms. The Morgan fingerprint density at radius 1 is 1.52 bits per heavy atom. The number of hydrogen-bond donors (Lipinski definition) is 1. The minimum absolute atomic E-state index is 0.268. The average molecular weight is 320 g/mol. The topological polar surface area (TPSA) is 59.0 Å². The van der Waals surface area contributed by atoms with Crippen LogP contribution in [-0.2, 0) is 16.6 Å². The van der Waals surface area contributed by atoms with E-state index in [1.165, 1.54) is 7.11 Å². The fraction of sp³-hybridized carbons (Fsp3) is 0.611. The lowest BCUT2D eigenvalue weighted by Gasteiger charge is -2.62. The maximum atomic E-state index is 13.1. The molecule has 122 valence electrons. The molecular weight excluding hydrogens is 294 g/mol. The number of likely N-dealkylation sites (N-methyl/N-ethyl adjacent to an activating group) is 1. The van der Waals surface area contributed by atoms with Gasteiger partial charge in [0, 0.05) is 23.5 Å². The molecule has 2 fully saturated rings. The molecule has 1 saturated heterocycles. The molecule has 1 unspecified atom stereocenters. The van der Waals surface area contributed by atoms with Crippen LogP contribution < -0.4 is 9.47 Å². The van der Waals surface area contributed by atoms with Crippen LogP contribution in [0.3, 0.4) is 0 Å². The van der Waals surface area contributed by atoms with Gasteiger partial charge in [0.25, 0.3) is 0 Å². The summed E-state index contributed by atoms with van der Waals surface area (Å²) < 4.78 is 54.0. The second-order valence-corrected chi connectivity index (χ2v) is 6.87. The van der Waals surface area contributed by atoms with Crippen LogP contribution in [0.2, 0.25) is 0 Å². The van der Waals surface area contributed by atoms with E-state index in [9.17, 15) is 4.79 Å². The van der Waals surface area contributed by atoms with Crippen molar-refractivity contribution in [1.29, 1.82) is 1.43 Å². The van der Waals surface area contributed by atoms with Crippen molar-refractivity contribution in [1.82, 2.24) is 4.90 Å². The lowest BCUT2D eigenvalue weighted by Crippen LogP contribution is -2.76. The van der Waals surface area contributed by atoms with Crippen molar-refractivity contribution in [3.05, 3.63) is 23.3 Å². The Bertz CT molecular complexity index is 908. The van der Waals surface area contributed by atoms with Gasteiger partial charge >= 0.3 is 0 Å². The first kappa shape index (κ1) is 9.64. The van der Waals surface area contributed by atoms with E-state index < -0.39 is 48.1 Å². The number of methoxy groups -OCH3 is 1. The second kappa shape index (κ2) is 4.08. The van der Waals surface area contributed by atoms with Gasteiger partial charge in [-0.2, -0.15) is 0 Å². The van der Waals surface area contributed by atoms with Gasteiger partial charge in [0.2, 0.25) is 1.43 Å². The zero-order valence-electron chi connectivity index (χ0n) is 18.0. The number of Topliss-reactive ketones (excluding diaryl/α,β-unsaturated/α-hetero) is 1. The summed E-state index contributed by atoms with van der Waals surface area (Å²) in [6, 6.07) is 2.33. The molecule has 4 atom stereocenters. The molecule has 2 aliphatic heterocycles. The summed E-state index contributed by atoms with van der Waals surface area (Å²) in [5, 5.41) is 5.32. The van der Waals surface area contributed by atoms with Crippen molar-refractivity contribution < 1.29 is 24.9 Å². The lowest BCUT2D eigenvalue weighted by atomic mass is 9.49. The van der Waals surface area contributed by atoms with Gasteiger partial charge in [-0.15, -0.1) is 0 Å². The highest BCUT2D eigenvalue weighted by Crippen LogP contribution is 2.64. The Kier molecular flexibility index (Phi) is 1.71. The van der Waals surface area contributed by atoms with Gasteiger partial charge in [0.1, 0.15) is 0 Å². The molecule has 5 nitrogen and oxygen atoms in total. The number of nitrogens with zero attached hydrogens (tertiary/aromatic N) is 1. The van der Waals surface area contributed by atoms with Crippen molar-refractivity contribution >= 4 is 5.78 Å². The fourth-order valence-electron chi connectivity index (χ4n) is 4.95. The van der Waals surface area contributed by atoms with E-state index in [4.69, 9.17) is 21.5 Å². The Morgan fingerprint density at radius 3 is 3.17 bits per heavy atom. The zero-order chi connectivity index (χ0) is 20.3. The largest absolute Gasteiger partial charge is 0.493 e. The van der Waals surface area contributed by atoms with Crippen molar-refractivity contribution in [3.63, 3.8) is 0 Å². The summed E-state index contributed by atoms with van der Waals surface area (Å²) >= 11 is 0. The zero-order valence-corrected chi connectivity index (χ0v) is 13.0. The predicted molar refractivity (Wildman–Crippen MR) is 83.0 cm³/mol. The minimum Gasteiger partial charge on any atom is -0.493 e. The molecule has 4 aliphatic rings. The van der Waals surface area contributed by atoms with Gasteiger partial charge in [-0.1, -0.05) is 6.07 Å². The van der Waals surface area contributed by atoms with Crippen LogP contribution in [0.15, 0.2) is 12.1 Å². The summed E-state index contributed by atoms with van der Waals surface area (Å²) in [5.41, 5.74) is -1.80. The van der Waals surface area contributed by atoms with E-state index in [0.29, 0.717) is 29.8 Å². The molecule has 0 radical (unpaired) electrons. The van der Waals surface area contributed by atoms with Crippen LogP contribution in [-0.4, -0.2) is 55.7 Å². The molecule has 2 bridgehead atoms. The number of piperidine rings is 1. The van der Waals surface area contributed by atoms with Crippen LogP contribution >= 0.6 is 0 Å². The van der Waals surface area contributed by atoms with Gasteiger partial charge in [0.15, 0.2) is 23.4 Å². The van der Waals surface area contributed by atoms with E-state index in [0.717, 1.165) is 0 Å². The highest BCUT2D eigenvalue weighted by molar-refractivity contribution is 5.90. The molecule has 23 heavy (non-hydrogen) atoms. The number of hydrogen-bond acceptors (Lipinski definition) is 5. The monoisotopic (exact) mass is 320 g/mol. The quantitative estimate of drug-likeness (QED) is 0.883. The van der Waals surface area contributed by atoms with E-state index in [-0.39, 0.29) is 5.75 Å². The Hall–Kier alpha value is -1.59. The van der Waals surface area contributed by atoms with Gasteiger partial charge < -0.3 is 19.5 Å². The molecule has 5 rings (SSSR count). The van der Waals surface area contributed by atoms with Crippen molar-refractivity contribution in [2.75, 3.05) is 20.7 Å². The highest BCUT2D eigenvalue weighted by Gasteiger charge is 2.72. The van der Waals surface area contributed by atoms with E-state index in [1.807, 2.05) is 0 Å². The predicted octanol–water partition coefficient (Wildman–Crippen LogP) is 1.05. The number of carbonyl (C=O) groups excluding carboxylic acids is 1. The minimum atomic E-state index is -2.30. The first-order chi connectivity index (χ1) is 13.1. The van der Waals surface area contributed by atoms with E-state index in [1.54, 1.807) is 24.1 Å². The summed E-state index contributed by atoms with van der Waals surface area (Å²) in [4.78, 5) is 14.9. The number of rotatable bonds is 2.